The van der Waals surface area contributed by atoms with Crippen LogP contribution in [0.3, 0.4) is 0 Å². The average Bonchev–Trinajstić information content (AvgIpc) is 2.75. The first-order valence-corrected chi connectivity index (χ1v) is 11.1. The lowest BCUT2D eigenvalue weighted by Gasteiger charge is -2.27. The molecule has 0 aromatic heterocycles. The van der Waals surface area contributed by atoms with Crippen LogP contribution >= 0.6 is 15.9 Å². The van der Waals surface area contributed by atoms with E-state index in [9.17, 15) is 19.2 Å². The van der Waals surface area contributed by atoms with E-state index >= 15 is 0 Å². The van der Waals surface area contributed by atoms with Gasteiger partial charge in [-0.3, -0.25) is 14.9 Å². The Bertz CT molecular complexity index is 1190. The van der Waals surface area contributed by atoms with Gasteiger partial charge in [-0.2, -0.15) is 0 Å². The predicted molar refractivity (Wildman–Crippen MR) is 128 cm³/mol. The lowest BCUT2D eigenvalue weighted by Crippen LogP contribution is -2.54. The number of urea groups is 1. The van der Waals surface area contributed by atoms with Crippen LogP contribution in [0, 0.1) is 13.8 Å². The van der Waals surface area contributed by atoms with Gasteiger partial charge in [-0.25, -0.2) is 14.5 Å². The number of carbonyl (C=O) groups is 4. The second kappa shape index (κ2) is 10.5. The number of nitrogens with zero attached hydrogens (tertiary/aromatic N) is 1. The second-order valence-corrected chi connectivity index (χ2v) is 8.28. The van der Waals surface area contributed by atoms with Crippen LogP contribution < -0.4 is 19.7 Å². The van der Waals surface area contributed by atoms with Gasteiger partial charge in [0.2, 0.25) is 0 Å². The fourth-order valence-electron chi connectivity index (χ4n) is 3.40. The zero-order valence-corrected chi connectivity index (χ0v) is 20.6. The van der Waals surface area contributed by atoms with Gasteiger partial charge in [0.15, 0.2) is 18.1 Å². The Balaban J connectivity index is 1.97. The summed E-state index contributed by atoms with van der Waals surface area (Å²) in [5.41, 5.74) is 2.28. The van der Waals surface area contributed by atoms with Crippen LogP contribution in [0.2, 0.25) is 0 Å². The van der Waals surface area contributed by atoms with Crippen LogP contribution in [-0.4, -0.2) is 44.1 Å². The molecule has 0 aliphatic carbocycles. The molecule has 34 heavy (non-hydrogen) atoms. The molecule has 2 aromatic rings. The van der Waals surface area contributed by atoms with E-state index < -0.39 is 23.8 Å². The van der Waals surface area contributed by atoms with E-state index in [0.717, 1.165) is 16.0 Å². The van der Waals surface area contributed by atoms with Gasteiger partial charge in [-0.1, -0.05) is 22.0 Å². The van der Waals surface area contributed by atoms with Gasteiger partial charge in [0.25, 0.3) is 11.8 Å². The summed E-state index contributed by atoms with van der Waals surface area (Å²) >= 11 is 3.39. The number of imide groups is 2. The Morgan fingerprint density at radius 3 is 2.35 bits per heavy atom. The Labute approximate surface area is 204 Å². The molecule has 0 spiro atoms. The molecule has 10 heteroatoms. The van der Waals surface area contributed by atoms with Gasteiger partial charge in [-0.05, 0) is 67.8 Å². The maximum atomic E-state index is 13.2. The Morgan fingerprint density at radius 1 is 1.06 bits per heavy atom. The van der Waals surface area contributed by atoms with Crippen molar-refractivity contribution in [2.45, 2.75) is 20.8 Å². The highest BCUT2D eigenvalue weighted by atomic mass is 79.9. The molecule has 1 N–H and O–H groups in total. The Hall–Kier alpha value is -3.66. The van der Waals surface area contributed by atoms with E-state index in [2.05, 4.69) is 21.2 Å². The van der Waals surface area contributed by atoms with E-state index in [4.69, 9.17) is 14.2 Å². The predicted octanol–water partition coefficient (Wildman–Crippen LogP) is 3.68. The van der Waals surface area contributed by atoms with Gasteiger partial charge < -0.3 is 14.2 Å². The lowest BCUT2D eigenvalue weighted by molar-refractivity contribution is -0.145. The van der Waals surface area contributed by atoms with Crippen molar-refractivity contribution in [3.05, 3.63) is 57.1 Å². The Morgan fingerprint density at radius 2 is 1.74 bits per heavy atom. The molecule has 1 aliphatic rings. The van der Waals surface area contributed by atoms with Crippen molar-refractivity contribution in [3.63, 3.8) is 0 Å². The van der Waals surface area contributed by atoms with Crippen LogP contribution in [0.25, 0.3) is 6.08 Å². The maximum absolute atomic E-state index is 13.2. The van der Waals surface area contributed by atoms with Gasteiger partial charge in [0.1, 0.15) is 5.57 Å². The summed E-state index contributed by atoms with van der Waals surface area (Å²) in [5, 5.41) is 2.21. The number of amides is 4. The third-order valence-corrected chi connectivity index (χ3v) is 5.49. The maximum Gasteiger partial charge on any atom is 0.344 e. The van der Waals surface area contributed by atoms with Crippen molar-refractivity contribution < 1.29 is 33.4 Å². The number of carbonyl (C=O) groups excluding carboxylic acids is 4. The highest BCUT2D eigenvalue weighted by Gasteiger charge is 2.37. The summed E-state index contributed by atoms with van der Waals surface area (Å²) < 4.78 is 16.1. The average molecular weight is 531 g/mol. The standard InChI is InChI=1S/C24H23BrN2O7/c1-5-33-21(28)12-34-20-11-18(25)15(10-19(20)32-4)9-17-22(29)26-24(31)27(23(17)30)16-7-13(2)6-14(3)8-16/h6-11H,5,12H2,1-4H3,(H,26,29,31)/b17-9-. The fourth-order valence-corrected chi connectivity index (χ4v) is 3.84. The van der Waals surface area contributed by atoms with Crippen molar-refractivity contribution in [2.75, 3.05) is 25.2 Å². The molecule has 178 valence electrons. The molecule has 1 heterocycles. The van der Waals surface area contributed by atoms with Crippen LogP contribution in [0.4, 0.5) is 10.5 Å². The fraction of sp³-hybridized carbons (Fsp3) is 0.250. The molecular formula is C24H23BrN2O7. The number of hydrogen-bond acceptors (Lipinski definition) is 7. The molecule has 1 saturated heterocycles. The summed E-state index contributed by atoms with van der Waals surface area (Å²) in [7, 11) is 1.41. The van der Waals surface area contributed by atoms with Crippen molar-refractivity contribution in [1.82, 2.24) is 5.32 Å². The normalized spacial score (nSPS) is 14.8. The number of ether oxygens (including phenoxy) is 3. The van der Waals surface area contributed by atoms with E-state index in [0.29, 0.717) is 15.7 Å². The third kappa shape index (κ3) is 5.45. The SMILES string of the molecule is CCOC(=O)COc1cc(Br)c(/C=C2/C(=O)NC(=O)N(c3cc(C)cc(C)c3)C2=O)cc1OC. The van der Waals surface area contributed by atoms with Gasteiger partial charge in [0, 0.05) is 4.47 Å². The van der Waals surface area contributed by atoms with E-state index in [1.165, 1.54) is 19.3 Å². The van der Waals surface area contributed by atoms with E-state index in [1.807, 2.05) is 19.9 Å². The zero-order chi connectivity index (χ0) is 25.0. The molecule has 9 nitrogen and oxygen atoms in total. The molecule has 0 saturated carbocycles. The number of halogens is 1. The largest absolute Gasteiger partial charge is 0.493 e. The minimum Gasteiger partial charge on any atom is -0.493 e. The second-order valence-electron chi connectivity index (χ2n) is 7.42. The number of hydrogen-bond donors (Lipinski definition) is 1. The summed E-state index contributed by atoms with van der Waals surface area (Å²) in [4.78, 5) is 50.7. The summed E-state index contributed by atoms with van der Waals surface area (Å²) in [6, 6.07) is 7.54. The first-order valence-electron chi connectivity index (χ1n) is 10.3. The van der Waals surface area contributed by atoms with Crippen LogP contribution in [0.15, 0.2) is 40.4 Å². The third-order valence-electron chi connectivity index (χ3n) is 4.80. The number of nitrogens with one attached hydrogen (secondary N) is 1. The summed E-state index contributed by atoms with van der Waals surface area (Å²) in [6.45, 7) is 5.30. The van der Waals surface area contributed by atoms with E-state index in [1.54, 1.807) is 25.1 Å². The van der Waals surface area contributed by atoms with Crippen molar-refractivity contribution >= 4 is 51.5 Å². The van der Waals surface area contributed by atoms with Crippen molar-refractivity contribution in [2.24, 2.45) is 0 Å². The first-order chi connectivity index (χ1) is 16.1. The molecule has 1 aliphatic heterocycles. The molecule has 0 atom stereocenters. The number of barbiturate groups is 1. The highest BCUT2D eigenvalue weighted by Crippen LogP contribution is 2.35. The molecule has 2 aromatic carbocycles. The highest BCUT2D eigenvalue weighted by molar-refractivity contribution is 9.10. The van der Waals surface area contributed by atoms with Gasteiger partial charge in [0.05, 0.1) is 19.4 Å². The first kappa shape index (κ1) is 25.0. The lowest BCUT2D eigenvalue weighted by atomic mass is 10.0. The number of methoxy groups -OCH3 is 1. The number of aryl methyl sites for hydroxylation is 2. The minimum atomic E-state index is -0.823. The molecule has 0 radical (unpaired) electrons. The van der Waals surface area contributed by atoms with Gasteiger partial charge >= 0.3 is 12.0 Å². The summed E-state index contributed by atoms with van der Waals surface area (Å²) in [6.07, 6.45) is 1.35. The topological polar surface area (TPSA) is 111 Å². The number of anilines is 1. The van der Waals surface area contributed by atoms with E-state index in [-0.39, 0.29) is 30.3 Å². The quantitative estimate of drug-likeness (QED) is 0.330. The van der Waals surface area contributed by atoms with Crippen molar-refractivity contribution in [3.8, 4) is 11.5 Å². The number of rotatable bonds is 7. The zero-order valence-electron chi connectivity index (χ0n) is 19.1. The molecule has 4 amide bonds. The number of benzene rings is 2. The van der Waals surface area contributed by atoms with Gasteiger partial charge in [-0.15, -0.1) is 0 Å². The smallest absolute Gasteiger partial charge is 0.344 e. The molecule has 3 rings (SSSR count). The molecular weight excluding hydrogens is 508 g/mol. The number of esters is 1. The Kier molecular flexibility index (Phi) is 7.72. The molecule has 0 bridgehead atoms. The van der Waals surface area contributed by atoms with Crippen LogP contribution in [0.1, 0.15) is 23.6 Å². The summed E-state index contributed by atoms with van der Waals surface area (Å²) in [5.74, 6) is -1.58. The minimum absolute atomic E-state index is 0.229. The molecule has 1 fully saturated rings. The van der Waals surface area contributed by atoms with Crippen LogP contribution in [-0.2, 0) is 19.1 Å². The monoisotopic (exact) mass is 530 g/mol. The van der Waals surface area contributed by atoms with Crippen LogP contribution in [0.5, 0.6) is 11.5 Å². The van der Waals surface area contributed by atoms with Crippen molar-refractivity contribution in [1.29, 1.82) is 0 Å². The molecule has 0 unspecified atom stereocenters.